The van der Waals surface area contributed by atoms with Gasteiger partial charge in [-0.15, -0.1) is 0 Å². The Bertz CT molecular complexity index is 1050. The number of aromatic nitrogens is 1. The summed E-state index contributed by atoms with van der Waals surface area (Å²) in [6, 6.07) is 7.39. The summed E-state index contributed by atoms with van der Waals surface area (Å²) in [5.74, 6) is 0.331. The lowest BCUT2D eigenvalue weighted by Crippen LogP contribution is -2.44. The van der Waals surface area contributed by atoms with Gasteiger partial charge in [-0.3, -0.25) is 0 Å². The number of carbonyl (C=O) groups excluding carboxylic acids is 1. The largest absolute Gasteiger partial charge is 0.419 e. The number of urea groups is 1. The minimum absolute atomic E-state index is 0.0429. The molecule has 0 spiro atoms. The highest BCUT2D eigenvalue weighted by Gasteiger charge is 2.34. The Kier molecular flexibility index (Phi) is 9.47. The summed E-state index contributed by atoms with van der Waals surface area (Å²) < 4.78 is 40.9. The Morgan fingerprint density at radius 3 is 2.41 bits per heavy atom. The van der Waals surface area contributed by atoms with Gasteiger partial charge in [0.25, 0.3) is 0 Å². The smallest absolute Gasteiger partial charge is 0.384 e. The number of nitrogens with one attached hydrogen (secondary N) is 2. The predicted molar refractivity (Wildman–Crippen MR) is 143 cm³/mol. The van der Waals surface area contributed by atoms with Crippen LogP contribution in [-0.4, -0.2) is 93.2 Å². The van der Waals surface area contributed by atoms with E-state index in [0.29, 0.717) is 18.8 Å². The molecular formula is C26H38F3N7O. The molecule has 0 bridgehead atoms. The van der Waals surface area contributed by atoms with Gasteiger partial charge in [0.05, 0.1) is 11.3 Å². The highest BCUT2D eigenvalue weighted by atomic mass is 19.4. The van der Waals surface area contributed by atoms with Crippen molar-refractivity contribution in [3.8, 4) is 0 Å². The SMILES string of the molecule is CCc1cc(N2CCN(C)CC2)ccc1Nc1cc(NCCCN(C)C(=O)N(C)C)c(C(F)(F)F)cn1. The highest BCUT2D eigenvalue weighted by Crippen LogP contribution is 2.36. The fourth-order valence-electron chi connectivity index (χ4n) is 4.27. The average molecular weight is 522 g/mol. The van der Waals surface area contributed by atoms with Gasteiger partial charge in [-0.05, 0) is 43.7 Å². The lowest BCUT2D eigenvalue weighted by molar-refractivity contribution is -0.137. The van der Waals surface area contributed by atoms with Crippen LogP contribution in [0.4, 0.5) is 40.8 Å². The van der Waals surface area contributed by atoms with E-state index in [9.17, 15) is 18.0 Å². The molecule has 1 aromatic carbocycles. The van der Waals surface area contributed by atoms with E-state index < -0.39 is 11.7 Å². The number of piperazine rings is 1. The highest BCUT2D eigenvalue weighted by molar-refractivity contribution is 5.73. The van der Waals surface area contributed by atoms with Gasteiger partial charge in [0.1, 0.15) is 5.82 Å². The van der Waals surface area contributed by atoms with Crippen LogP contribution in [0.3, 0.4) is 0 Å². The topological polar surface area (TPSA) is 67.0 Å². The van der Waals surface area contributed by atoms with Crippen molar-refractivity contribution in [1.82, 2.24) is 19.7 Å². The number of pyridine rings is 1. The van der Waals surface area contributed by atoms with E-state index in [0.717, 1.165) is 55.7 Å². The number of likely N-dealkylation sites (N-methyl/N-ethyl adjacent to an activating group) is 1. The van der Waals surface area contributed by atoms with Gasteiger partial charge in [-0.25, -0.2) is 9.78 Å². The number of benzene rings is 1. The van der Waals surface area contributed by atoms with Crippen LogP contribution in [0.15, 0.2) is 30.5 Å². The molecule has 0 radical (unpaired) electrons. The van der Waals surface area contributed by atoms with Gasteiger partial charge in [0.2, 0.25) is 0 Å². The van der Waals surface area contributed by atoms with Crippen LogP contribution in [0.5, 0.6) is 0 Å². The Balaban J connectivity index is 1.72. The van der Waals surface area contributed by atoms with E-state index in [1.807, 2.05) is 12.1 Å². The molecule has 0 atom stereocenters. The summed E-state index contributed by atoms with van der Waals surface area (Å²) in [6.07, 6.45) is -2.41. The van der Waals surface area contributed by atoms with Crippen molar-refractivity contribution in [2.24, 2.45) is 0 Å². The van der Waals surface area contributed by atoms with Crippen molar-refractivity contribution >= 4 is 28.9 Å². The summed E-state index contributed by atoms with van der Waals surface area (Å²) in [6.45, 7) is 6.68. The zero-order valence-corrected chi connectivity index (χ0v) is 22.3. The van der Waals surface area contributed by atoms with Crippen molar-refractivity contribution < 1.29 is 18.0 Å². The number of halogens is 3. The van der Waals surface area contributed by atoms with Crippen molar-refractivity contribution in [2.75, 3.05) is 83.0 Å². The number of hydrogen-bond acceptors (Lipinski definition) is 6. The van der Waals surface area contributed by atoms with E-state index in [1.54, 1.807) is 21.1 Å². The lowest BCUT2D eigenvalue weighted by atomic mass is 10.1. The van der Waals surface area contributed by atoms with Crippen molar-refractivity contribution in [3.63, 3.8) is 0 Å². The predicted octanol–water partition coefficient (Wildman–Crippen LogP) is 4.57. The number of carbonyl (C=O) groups is 1. The van der Waals surface area contributed by atoms with E-state index in [4.69, 9.17) is 0 Å². The molecule has 1 fully saturated rings. The van der Waals surface area contributed by atoms with Crippen LogP contribution in [0.25, 0.3) is 0 Å². The van der Waals surface area contributed by atoms with Gasteiger partial charge >= 0.3 is 12.2 Å². The zero-order chi connectivity index (χ0) is 27.2. The maximum absolute atomic E-state index is 13.6. The third-order valence-corrected chi connectivity index (χ3v) is 6.51. The first kappa shape index (κ1) is 28.4. The third-order valence-electron chi connectivity index (χ3n) is 6.51. The second-order valence-electron chi connectivity index (χ2n) is 9.60. The zero-order valence-electron chi connectivity index (χ0n) is 22.3. The number of aryl methyl sites for hydroxylation is 1. The van der Waals surface area contributed by atoms with Crippen molar-refractivity contribution in [3.05, 3.63) is 41.6 Å². The van der Waals surface area contributed by atoms with Gasteiger partial charge in [-0.1, -0.05) is 6.92 Å². The standard InChI is InChI=1S/C26H38F3N7O/c1-6-19-16-20(36-14-12-34(4)13-15-36)8-9-22(19)32-24-17-23(21(18-31-24)26(27,28)29)30-10-7-11-35(5)25(37)33(2)3/h8-9,16-18H,6-7,10-15H2,1-5H3,(H2,30,31,32). The molecule has 2 N–H and O–H groups in total. The van der Waals surface area contributed by atoms with E-state index in [1.165, 1.54) is 15.9 Å². The Morgan fingerprint density at radius 1 is 1.08 bits per heavy atom. The van der Waals surface area contributed by atoms with Gasteiger partial charge in [-0.2, -0.15) is 13.2 Å². The van der Waals surface area contributed by atoms with Crippen molar-refractivity contribution in [1.29, 1.82) is 0 Å². The monoisotopic (exact) mass is 521 g/mol. The van der Waals surface area contributed by atoms with Crippen molar-refractivity contribution in [2.45, 2.75) is 25.9 Å². The normalized spacial score (nSPS) is 14.4. The van der Waals surface area contributed by atoms with E-state index >= 15 is 0 Å². The number of rotatable bonds is 9. The number of anilines is 4. The van der Waals surface area contributed by atoms with Crippen LogP contribution in [0.1, 0.15) is 24.5 Å². The molecule has 0 saturated carbocycles. The van der Waals surface area contributed by atoms with Crippen LogP contribution >= 0.6 is 0 Å². The Labute approximate surface area is 217 Å². The second-order valence-corrected chi connectivity index (χ2v) is 9.60. The van der Waals surface area contributed by atoms with Crippen LogP contribution in [-0.2, 0) is 12.6 Å². The summed E-state index contributed by atoms with van der Waals surface area (Å²) >= 11 is 0. The summed E-state index contributed by atoms with van der Waals surface area (Å²) in [5, 5.41) is 6.10. The summed E-state index contributed by atoms with van der Waals surface area (Å²) in [4.78, 5) is 23.6. The van der Waals surface area contributed by atoms with Gasteiger partial charge in [0, 0.05) is 84.0 Å². The van der Waals surface area contributed by atoms with Crippen LogP contribution in [0, 0.1) is 0 Å². The average Bonchev–Trinajstić information content (AvgIpc) is 2.86. The minimum atomic E-state index is -4.54. The van der Waals surface area contributed by atoms with Gasteiger partial charge in [0.15, 0.2) is 0 Å². The van der Waals surface area contributed by atoms with E-state index in [2.05, 4.69) is 45.5 Å². The molecule has 1 aromatic heterocycles. The molecule has 1 saturated heterocycles. The summed E-state index contributed by atoms with van der Waals surface area (Å²) in [5.41, 5.74) is 2.18. The second kappa shape index (κ2) is 12.4. The molecule has 11 heteroatoms. The number of nitrogens with zero attached hydrogens (tertiary/aromatic N) is 5. The first-order valence-electron chi connectivity index (χ1n) is 12.6. The number of alkyl halides is 3. The third kappa shape index (κ3) is 7.64. The molecule has 1 aliphatic heterocycles. The van der Waals surface area contributed by atoms with Crippen LogP contribution < -0.4 is 15.5 Å². The van der Waals surface area contributed by atoms with Crippen LogP contribution in [0.2, 0.25) is 0 Å². The molecule has 0 unspecified atom stereocenters. The maximum Gasteiger partial charge on any atom is 0.419 e. The first-order chi connectivity index (χ1) is 17.5. The number of amides is 2. The molecule has 1 aliphatic rings. The fraction of sp³-hybridized carbons (Fsp3) is 0.538. The molecule has 2 aromatic rings. The first-order valence-corrected chi connectivity index (χ1v) is 12.6. The molecule has 37 heavy (non-hydrogen) atoms. The van der Waals surface area contributed by atoms with E-state index in [-0.39, 0.29) is 18.3 Å². The Hall–Kier alpha value is -3.21. The minimum Gasteiger partial charge on any atom is -0.384 e. The molecular weight excluding hydrogens is 483 g/mol. The molecule has 3 rings (SSSR count). The lowest BCUT2D eigenvalue weighted by Gasteiger charge is -2.34. The fourth-order valence-corrected chi connectivity index (χ4v) is 4.27. The Morgan fingerprint density at radius 2 is 1.78 bits per heavy atom. The number of hydrogen-bond donors (Lipinski definition) is 2. The quantitative estimate of drug-likeness (QED) is 0.471. The molecule has 2 amide bonds. The van der Waals surface area contributed by atoms with Gasteiger partial charge < -0.3 is 30.2 Å². The summed E-state index contributed by atoms with van der Waals surface area (Å²) in [7, 11) is 7.09. The molecule has 8 nitrogen and oxygen atoms in total. The molecule has 0 aliphatic carbocycles. The molecule has 204 valence electrons. The molecule has 2 heterocycles. The maximum atomic E-state index is 13.6.